The molecule has 0 atom stereocenters. The summed E-state index contributed by atoms with van der Waals surface area (Å²) < 4.78 is 0. The third-order valence-corrected chi connectivity index (χ3v) is 1.61. The Morgan fingerprint density at radius 2 is 1.92 bits per heavy atom. The summed E-state index contributed by atoms with van der Waals surface area (Å²) in [5.74, 6) is 0. The van der Waals surface area contributed by atoms with Gasteiger partial charge in [0.1, 0.15) is 0 Å². The van der Waals surface area contributed by atoms with E-state index in [0.29, 0.717) is 0 Å². The highest BCUT2D eigenvalue weighted by atomic mass is 13.9. The quantitative estimate of drug-likeness (QED) is 0.406. The van der Waals surface area contributed by atoms with Crippen LogP contribution in [0.3, 0.4) is 0 Å². The Hall–Kier alpha value is -0.780. The first-order chi connectivity index (χ1) is 5.77. The molecule has 0 bridgehead atoms. The van der Waals surface area contributed by atoms with Crippen molar-refractivity contribution in [2.24, 2.45) is 0 Å². The maximum absolute atomic E-state index is 3.68. The van der Waals surface area contributed by atoms with Gasteiger partial charge in [-0.1, -0.05) is 29.9 Å². The highest BCUT2D eigenvalue weighted by Gasteiger charge is 1.78. The molecule has 68 valence electrons. The van der Waals surface area contributed by atoms with E-state index in [9.17, 15) is 0 Å². The molecule has 0 fully saturated rings. The Balaban J connectivity index is 3.25. The molecule has 0 aliphatic carbocycles. The molecule has 0 aromatic heterocycles. The van der Waals surface area contributed by atoms with Crippen LogP contribution in [0.5, 0.6) is 0 Å². The zero-order chi connectivity index (χ0) is 9.23. The molecule has 0 spiro atoms. The predicted octanol–water partition coefficient (Wildman–Crippen LogP) is 4.26. The molecule has 0 aliphatic heterocycles. The average molecular weight is 164 g/mol. The second-order valence-electron chi connectivity index (χ2n) is 3.21. The molecule has 0 amide bonds. The second-order valence-corrected chi connectivity index (χ2v) is 3.21. The highest BCUT2D eigenvalue weighted by Crippen LogP contribution is 1.99. The molecule has 0 aliphatic rings. The summed E-state index contributed by atoms with van der Waals surface area (Å²) in [7, 11) is 0. The molecule has 0 rings (SSSR count). The number of rotatable bonds is 6. The van der Waals surface area contributed by atoms with Gasteiger partial charge in [-0.15, -0.1) is 6.58 Å². The first-order valence-electron chi connectivity index (χ1n) is 4.66. The monoisotopic (exact) mass is 164 g/mol. The Bertz CT molecular complexity index is 157. The van der Waals surface area contributed by atoms with Gasteiger partial charge in [0, 0.05) is 0 Å². The minimum atomic E-state index is 1.08. The van der Waals surface area contributed by atoms with Crippen molar-refractivity contribution in [2.75, 3.05) is 0 Å². The van der Waals surface area contributed by atoms with Crippen LogP contribution in [0.4, 0.5) is 0 Å². The molecule has 0 N–H and O–H groups in total. The van der Waals surface area contributed by atoms with Gasteiger partial charge in [0.2, 0.25) is 0 Å². The van der Waals surface area contributed by atoms with Crippen LogP contribution in [0.15, 0.2) is 36.5 Å². The number of hydrogen-bond donors (Lipinski definition) is 0. The summed E-state index contributed by atoms with van der Waals surface area (Å²) in [5.41, 5.74) is 1.39. The van der Waals surface area contributed by atoms with Crippen molar-refractivity contribution in [3.8, 4) is 0 Å². The summed E-state index contributed by atoms with van der Waals surface area (Å²) in [4.78, 5) is 0. The minimum absolute atomic E-state index is 1.08. The lowest BCUT2D eigenvalue weighted by Crippen LogP contribution is -1.68. The Kier molecular flexibility index (Phi) is 7.78. The fourth-order valence-corrected chi connectivity index (χ4v) is 0.898. The number of hydrogen-bond acceptors (Lipinski definition) is 0. The normalized spacial score (nSPS) is 10.2. The molecule has 12 heavy (non-hydrogen) atoms. The van der Waals surface area contributed by atoms with Crippen molar-refractivity contribution >= 4 is 0 Å². The summed E-state index contributed by atoms with van der Waals surface area (Å²) in [6, 6.07) is 0. The van der Waals surface area contributed by atoms with Gasteiger partial charge in [0.15, 0.2) is 0 Å². The van der Waals surface area contributed by atoms with Gasteiger partial charge in [0.05, 0.1) is 0 Å². The van der Waals surface area contributed by atoms with E-state index < -0.39 is 0 Å². The van der Waals surface area contributed by atoms with Crippen LogP contribution in [-0.4, -0.2) is 0 Å². The SMILES string of the molecule is C=CCCCC=CCC=C(C)C. The summed E-state index contributed by atoms with van der Waals surface area (Å²) in [5, 5.41) is 0. The van der Waals surface area contributed by atoms with Crippen molar-refractivity contribution in [1.29, 1.82) is 0 Å². The van der Waals surface area contributed by atoms with Crippen molar-refractivity contribution in [3.05, 3.63) is 36.5 Å². The molecular weight excluding hydrogens is 144 g/mol. The van der Waals surface area contributed by atoms with E-state index in [1.807, 2.05) is 6.08 Å². The van der Waals surface area contributed by atoms with Crippen molar-refractivity contribution < 1.29 is 0 Å². The minimum Gasteiger partial charge on any atom is -0.103 e. The Morgan fingerprint density at radius 3 is 2.50 bits per heavy atom. The van der Waals surface area contributed by atoms with Crippen LogP contribution in [0.25, 0.3) is 0 Å². The van der Waals surface area contributed by atoms with Gasteiger partial charge in [-0.3, -0.25) is 0 Å². The smallest absolute Gasteiger partial charge is 0.0167 e. The maximum atomic E-state index is 3.68. The lowest BCUT2D eigenvalue weighted by atomic mass is 10.2. The second kappa shape index (κ2) is 8.32. The number of unbranched alkanes of at least 4 members (excludes halogenated alkanes) is 2. The molecule has 0 nitrogen and oxygen atoms in total. The molecule has 0 saturated carbocycles. The molecule has 0 aromatic carbocycles. The van der Waals surface area contributed by atoms with Crippen LogP contribution in [0, 0.1) is 0 Å². The van der Waals surface area contributed by atoms with Gasteiger partial charge in [-0.2, -0.15) is 0 Å². The zero-order valence-electron chi connectivity index (χ0n) is 8.34. The summed E-state index contributed by atoms with van der Waals surface area (Å²) >= 11 is 0. The highest BCUT2D eigenvalue weighted by molar-refractivity contribution is 4.98. The molecule has 0 radical (unpaired) electrons. The molecule has 0 heterocycles. The van der Waals surface area contributed by atoms with Crippen LogP contribution in [-0.2, 0) is 0 Å². The van der Waals surface area contributed by atoms with E-state index in [-0.39, 0.29) is 0 Å². The standard InChI is InChI=1S/C12H20/c1-4-5-6-7-8-9-10-11-12(2)3/h4,8-9,11H,1,5-7,10H2,2-3H3. The Morgan fingerprint density at radius 1 is 1.17 bits per heavy atom. The predicted molar refractivity (Wildman–Crippen MR) is 57.2 cm³/mol. The average Bonchev–Trinajstić information content (AvgIpc) is 2.02. The maximum Gasteiger partial charge on any atom is -0.0167 e. The van der Waals surface area contributed by atoms with Gasteiger partial charge in [-0.25, -0.2) is 0 Å². The first kappa shape index (κ1) is 11.2. The van der Waals surface area contributed by atoms with E-state index in [1.165, 1.54) is 18.4 Å². The lowest BCUT2D eigenvalue weighted by Gasteiger charge is -1.89. The molecule has 0 saturated heterocycles. The molecular formula is C12H20. The molecule has 0 aromatic rings. The van der Waals surface area contributed by atoms with E-state index in [4.69, 9.17) is 0 Å². The number of allylic oxidation sites excluding steroid dienone is 5. The summed E-state index contributed by atoms with van der Waals surface area (Å²) in [6.07, 6.45) is 13.3. The van der Waals surface area contributed by atoms with E-state index >= 15 is 0 Å². The first-order valence-corrected chi connectivity index (χ1v) is 4.66. The van der Waals surface area contributed by atoms with Gasteiger partial charge < -0.3 is 0 Å². The molecule has 0 heteroatoms. The Labute approximate surface area is 76.7 Å². The van der Waals surface area contributed by atoms with E-state index in [1.54, 1.807) is 0 Å². The lowest BCUT2D eigenvalue weighted by molar-refractivity contribution is 0.867. The van der Waals surface area contributed by atoms with Crippen molar-refractivity contribution in [1.82, 2.24) is 0 Å². The van der Waals surface area contributed by atoms with Gasteiger partial charge >= 0.3 is 0 Å². The third-order valence-electron chi connectivity index (χ3n) is 1.61. The van der Waals surface area contributed by atoms with Gasteiger partial charge in [0.25, 0.3) is 0 Å². The van der Waals surface area contributed by atoms with Crippen LogP contribution in [0.1, 0.15) is 39.5 Å². The van der Waals surface area contributed by atoms with Crippen molar-refractivity contribution in [3.63, 3.8) is 0 Å². The van der Waals surface area contributed by atoms with E-state index in [2.05, 4.69) is 38.7 Å². The third kappa shape index (κ3) is 9.22. The van der Waals surface area contributed by atoms with Crippen LogP contribution < -0.4 is 0 Å². The fraction of sp³-hybridized carbons (Fsp3) is 0.500. The topological polar surface area (TPSA) is 0 Å². The fourth-order valence-electron chi connectivity index (χ4n) is 0.898. The van der Waals surface area contributed by atoms with Crippen LogP contribution >= 0.6 is 0 Å². The van der Waals surface area contributed by atoms with Crippen molar-refractivity contribution in [2.45, 2.75) is 39.5 Å². The summed E-state index contributed by atoms with van der Waals surface area (Å²) in [6.45, 7) is 7.95. The van der Waals surface area contributed by atoms with Crippen LogP contribution in [0.2, 0.25) is 0 Å². The van der Waals surface area contributed by atoms with E-state index in [0.717, 1.165) is 12.8 Å². The zero-order valence-corrected chi connectivity index (χ0v) is 8.34. The largest absolute Gasteiger partial charge is 0.103 e. The molecule has 0 unspecified atom stereocenters. The van der Waals surface area contributed by atoms with Gasteiger partial charge in [-0.05, 0) is 39.5 Å².